The lowest BCUT2D eigenvalue weighted by Crippen LogP contribution is -2.26. The van der Waals surface area contributed by atoms with E-state index in [0.29, 0.717) is 30.3 Å². The summed E-state index contributed by atoms with van der Waals surface area (Å²) in [6, 6.07) is 5.54. The number of halogens is 1. The zero-order chi connectivity index (χ0) is 13.1. The summed E-state index contributed by atoms with van der Waals surface area (Å²) in [5.74, 6) is 0.732. The predicted octanol–water partition coefficient (Wildman–Crippen LogP) is 2.64. The molecule has 1 heterocycles. The number of benzene rings is 1. The summed E-state index contributed by atoms with van der Waals surface area (Å²) in [6.45, 7) is 4.65. The smallest absolute Gasteiger partial charge is 0.248 e. The van der Waals surface area contributed by atoms with Gasteiger partial charge in [0, 0.05) is 10.7 Å². The molecule has 0 radical (unpaired) electrons. The van der Waals surface area contributed by atoms with Crippen LogP contribution in [-0.4, -0.2) is 29.8 Å². The third kappa shape index (κ3) is 3.01. The molecule has 0 aliphatic carbocycles. The fraction of sp³-hybridized carbons (Fsp3) is 0.385. The lowest BCUT2D eigenvalue weighted by atomic mass is 10.2. The molecule has 4 nitrogen and oxygen atoms in total. The Morgan fingerprint density at radius 2 is 2.22 bits per heavy atom. The van der Waals surface area contributed by atoms with E-state index in [1.165, 1.54) is 5.01 Å². The van der Waals surface area contributed by atoms with Gasteiger partial charge in [0.2, 0.25) is 5.91 Å². The van der Waals surface area contributed by atoms with Crippen LogP contribution in [0, 0.1) is 6.92 Å². The van der Waals surface area contributed by atoms with Gasteiger partial charge in [-0.2, -0.15) is 5.10 Å². The van der Waals surface area contributed by atoms with Gasteiger partial charge >= 0.3 is 0 Å². The Morgan fingerprint density at radius 1 is 1.44 bits per heavy atom. The number of carbonyl (C=O) groups is 1. The molecule has 0 atom stereocenters. The highest BCUT2D eigenvalue weighted by Gasteiger charge is 2.20. The molecule has 0 N–H and O–H groups in total. The average Bonchev–Trinajstić information content (AvgIpc) is 2.63. The van der Waals surface area contributed by atoms with E-state index in [0.717, 1.165) is 11.3 Å². The van der Waals surface area contributed by atoms with Crippen molar-refractivity contribution in [3.05, 3.63) is 28.8 Å². The second-order valence-corrected chi connectivity index (χ2v) is 4.70. The minimum Gasteiger partial charge on any atom is -0.492 e. The highest BCUT2D eigenvalue weighted by atomic mass is 35.5. The summed E-state index contributed by atoms with van der Waals surface area (Å²) < 4.78 is 5.54. The standard InChI is InChI=1S/C13H15ClN2O2/c1-9-3-4-11(8-12(9)14)18-6-5-16-13(17)7-10(2)15-16/h3-4,8H,5-7H2,1-2H3. The van der Waals surface area contributed by atoms with Crippen LogP contribution in [0.2, 0.25) is 5.02 Å². The molecule has 5 heteroatoms. The van der Waals surface area contributed by atoms with Crippen LogP contribution in [0.5, 0.6) is 5.75 Å². The van der Waals surface area contributed by atoms with Crippen LogP contribution in [0.1, 0.15) is 18.9 Å². The van der Waals surface area contributed by atoms with Crippen molar-refractivity contribution in [2.75, 3.05) is 13.2 Å². The minimum absolute atomic E-state index is 0.0260. The molecule has 2 rings (SSSR count). The molecule has 18 heavy (non-hydrogen) atoms. The number of aryl methyl sites for hydroxylation is 1. The van der Waals surface area contributed by atoms with Crippen molar-refractivity contribution in [2.24, 2.45) is 5.10 Å². The second kappa shape index (κ2) is 5.40. The summed E-state index contributed by atoms with van der Waals surface area (Å²) in [5, 5.41) is 6.26. The number of nitrogens with zero attached hydrogens (tertiary/aromatic N) is 2. The molecule has 0 unspecified atom stereocenters. The topological polar surface area (TPSA) is 41.9 Å². The molecule has 96 valence electrons. The summed E-state index contributed by atoms with van der Waals surface area (Å²) in [5.41, 5.74) is 1.86. The summed E-state index contributed by atoms with van der Waals surface area (Å²) in [7, 11) is 0. The van der Waals surface area contributed by atoms with Crippen LogP contribution < -0.4 is 4.74 Å². The highest BCUT2D eigenvalue weighted by Crippen LogP contribution is 2.21. The van der Waals surface area contributed by atoms with Gasteiger partial charge in [-0.25, -0.2) is 5.01 Å². The van der Waals surface area contributed by atoms with Crippen LogP contribution in [0.15, 0.2) is 23.3 Å². The maximum absolute atomic E-state index is 11.5. The molecule has 1 amide bonds. The van der Waals surface area contributed by atoms with Crippen molar-refractivity contribution < 1.29 is 9.53 Å². The molecule has 1 aliphatic heterocycles. The van der Waals surface area contributed by atoms with Crippen LogP contribution in [0.25, 0.3) is 0 Å². The lowest BCUT2D eigenvalue weighted by molar-refractivity contribution is -0.129. The largest absolute Gasteiger partial charge is 0.492 e. The first-order valence-electron chi connectivity index (χ1n) is 5.79. The summed E-state index contributed by atoms with van der Waals surface area (Å²) >= 11 is 6.00. The lowest BCUT2D eigenvalue weighted by Gasteiger charge is -2.13. The first-order chi connectivity index (χ1) is 8.56. The molecule has 1 aromatic carbocycles. The maximum atomic E-state index is 11.5. The highest BCUT2D eigenvalue weighted by molar-refractivity contribution is 6.31. The zero-order valence-corrected chi connectivity index (χ0v) is 11.2. The molecule has 0 bridgehead atoms. The molecular weight excluding hydrogens is 252 g/mol. The maximum Gasteiger partial charge on any atom is 0.248 e. The molecule has 0 fully saturated rings. The van der Waals surface area contributed by atoms with Crippen molar-refractivity contribution in [3.8, 4) is 5.75 Å². The van der Waals surface area contributed by atoms with Gasteiger partial charge in [-0.15, -0.1) is 0 Å². The molecule has 0 saturated carbocycles. The number of hydrogen-bond donors (Lipinski definition) is 0. The summed E-state index contributed by atoms with van der Waals surface area (Å²) in [6.07, 6.45) is 0.413. The van der Waals surface area contributed by atoms with E-state index in [4.69, 9.17) is 16.3 Å². The molecule has 1 aromatic rings. The number of amides is 1. The van der Waals surface area contributed by atoms with Crippen molar-refractivity contribution in [3.63, 3.8) is 0 Å². The van der Waals surface area contributed by atoms with Crippen molar-refractivity contribution in [1.82, 2.24) is 5.01 Å². The van der Waals surface area contributed by atoms with Gasteiger partial charge in [-0.1, -0.05) is 17.7 Å². The molecule has 0 saturated heterocycles. The molecule has 1 aliphatic rings. The number of rotatable bonds is 4. The van der Waals surface area contributed by atoms with E-state index in [1.807, 2.05) is 26.0 Å². The van der Waals surface area contributed by atoms with Crippen molar-refractivity contribution in [1.29, 1.82) is 0 Å². The van der Waals surface area contributed by atoms with Crippen LogP contribution in [-0.2, 0) is 4.79 Å². The third-order valence-corrected chi connectivity index (χ3v) is 3.11. The van der Waals surface area contributed by atoms with Crippen LogP contribution in [0.4, 0.5) is 0 Å². The van der Waals surface area contributed by atoms with Gasteiger partial charge in [0.05, 0.1) is 13.0 Å². The fourth-order valence-corrected chi connectivity index (χ4v) is 1.87. The quantitative estimate of drug-likeness (QED) is 0.841. The van der Waals surface area contributed by atoms with E-state index in [9.17, 15) is 4.79 Å². The van der Waals surface area contributed by atoms with E-state index in [2.05, 4.69) is 5.10 Å². The minimum atomic E-state index is 0.0260. The fourth-order valence-electron chi connectivity index (χ4n) is 1.70. The first kappa shape index (κ1) is 12.9. The first-order valence-corrected chi connectivity index (χ1v) is 6.17. The molecule has 0 spiro atoms. The van der Waals surface area contributed by atoms with Gasteiger partial charge in [0.1, 0.15) is 12.4 Å². The monoisotopic (exact) mass is 266 g/mol. The SMILES string of the molecule is CC1=NN(CCOc2ccc(C)c(Cl)c2)C(=O)C1. The van der Waals surface area contributed by atoms with Gasteiger partial charge in [-0.3, -0.25) is 4.79 Å². The predicted molar refractivity (Wildman–Crippen MR) is 71.1 cm³/mol. The van der Waals surface area contributed by atoms with Crippen LogP contribution >= 0.6 is 11.6 Å². The Morgan fingerprint density at radius 3 is 2.83 bits per heavy atom. The molecule has 0 aromatic heterocycles. The van der Waals surface area contributed by atoms with Gasteiger partial charge in [0.25, 0.3) is 0 Å². The Balaban J connectivity index is 1.85. The normalized spacial score (nSPS) is 14.9. The third-order valence-electron chi connectivity index (χ3n) is 2.70. The van der Waals surface area contributed by atoms with E-state index >= 15 is 0 Å². The van der Waals surface area contributed by atoms with Gasteiger partial charge < -0.3 is 4.74 Å². The van der Waals surface area contributed by atoms with Crippen molar-refractivity contribution in [2.45, 2.75) is 20.3 Å². The van der Waals surface area contributed by atoms with E-state index in [-0.39, 0.29) is 5.91 Å². The zero-order valence-electron chi connectivity index (χ0n) is 10.4. The average molecular weight is 267 g/mol. The number of ether oxygens (including phenoxy) is 1. The molecular formula is C13H15ClN2O2. The second-order valence-electron chi connectivity index (χ2n) is 4.29. The number of hydrazone groups is 1. The van der Waals surface area contributed by atoms with E-state index in [1.54, 1.807) is 6.07 Å². The van der Waals surface area contributed by atoms with Gasteiger partial charge in [-0.05, 0) is 31.5 Å². The Hall–Kier alpha value is -1.55. The Kier molecular flexibility index (Phi) is 3.87. The number of carbonyl (C=O) groups excluding carboxylic acids is 1. The van der Waals surface area contributed by atoms with Crippen molar-refractivity contribution >= 4 is 23.2 Å². The van der Waals surface area contributed by atoms with E-state index < -0.39 is 0 Å². The number of hydrogen-bond acceptors (Lipinski definition) is 3. The van der Waals surface area contributed by atoms with Gasteiger partial charge in [0.15, 0.2) is 0 Å². The Bertz CT molecular complexity index is 500. The van der Waals surface area contributed by atoms with Crippen LogP contribution in [0.3, 0.4) is 0 Å². The summed E-state index contributed by atoms with van der Waals surface area (Å²) in [4.78, 5) is 11.5. The Labute approximate surface area is 111 Å².